The highest BCUT2D eigenvalue weighted by Gasteiger charge is 2.04. The van der Waals surface area contributed by atoms with Crippen LogP contribution < -0.4 is 19.5 Å². The lowest BCUT2D eigenvalue weighted by molar-refractivity contribution is -0.111. The SMILES string of the molecule is CCOc1ccc(NC(=O)C=Cc2ccc(OCC)c(OC)c2)cc1. The first-order valence-electron chi connectivity index (χ1n) is 8.19. The van der Waals surface area contributed by atoms with Gasteiger partial charge in [-0.05, 0) is 61.9 Å². The van der Waals surface area contributed by atoms with Crippen LogP contribution in [0.1, 0.15) is 19.4 Å². The summed E-state index contributed by atoms with van der Waals surface area (Å²) in [6.07, 6.45) is 3.20. The number of ether oxygens (including phenoxy) is 3. The molecule has 2 rings (SSSR count). The molecule has 1 N–H and O–H groups in total. The normalized spacial score (nSPS) is 10.5. The summed E-state index contributed by atoms with van der Waals surface area (Å²) in [6, 6.07) is 12.8. The third kappa shape index (κ3) is 5.57. The van der Waals surface area contributed by atoms with Crippen molar-refractivity contribution in [3.8, 4) is 17.2 Å². The van der Waals surface area contributed by atoms with Gasteiger partial charge in [-0.2, -0.15) is 0 Å². The van der Waals surface area contributed by atoms with E-state index in [4.69, 9.17) is 14.2 Å². The summed E-state index contributed by atoms with van der Waals surface area (Å²) in [4.78, 5) is 12.0. The molecule has 0 radical (unpaired) electrons. The second-order valence-electron chi connectivity index (χ2n) is 5.12. The number of carbonyl (C=O) groups is 1. The first-order chi connectivity index (χ1) is 12.2. The van der Waals surface area contributed by atoms with Crippen LogP contribution in [-0.4, -0.2) is 26.2 Å². The lowest BCUT2D eigenvalue weighted by Crippen LogP contribution is -2.07. The molecule has 132 valence electrons. The molecule has 2 aromatic carbocycles. The lowest BCUT2D eigenvalue weighted by Gasteiger charge is -2.09. The first kappa shape index (κ1) is 18.4. The summed E-state index contributed by atoms with van der Waals surface area (Å²) in [5, 5.41) is 2.80. The summed E-state index contributed by atoms with van der Waals surface area (Å²) in [5.74, 6) is 1.88. The highest BCUT2D eigenvalue weighted by Crippen LogP contribution is 2.28. The second-order valence-corrected chi connectivity index (χ2v) is 5.12. The topological polar surface area (TPSA) is 56.8 Å². The van der Waals surface area contributed by atoms with Crippen LogP contribution in [0.15, 0.2) is 48.5 Å². The fraction of sp³-hybridized carbons (Fsp3) is 0.250. The minimum atomic E-state index is -0.211. The average molecular weight is 341 g/mol. The molecule has 0 spiro atoms. The Kier molecular flexibility index (Phi) is 6.89. The Morgan fingerprint density at radius 2 is 1.72 bits per heavy atom. The summed E-state index contributed by atoms with van der Waals surface area (Å²) in [5.41, 5.74) is 1.56. The van der Waals surface area contributed by atoms with Gasteiger partial charge in [-0.3, -0.25) is 4.79 Å². The molecule has 5 heteroatoms. The molecule has 2 aromatic rings. The molecule has 0 atom stereocenters. The summed E-state index contributed by atoms with van der Waals surface area (Å²) >= 11 is 0. The van der Waals surface area contributed by atoms with Crippen molar-refractivity contribution in [2.24, 2.45) is 0 Å². The van der Waals surface area contributed by atoms with Gasteiger partial charge < -0.3 is 19.5 Å². The standard InChI is InChI=1S/C20H23NO4/c1-4-24-17-10-8-16(9-11-17)21-20(22)13-7-15-6-12-18(25-5-2)19(14-15)23-3/h6-14H,4-5H2,1-3H3,(H,21,22). The molecule has 0 aromatic heterocycles. The number of hydrogen-bond acceptors (Lipinski definition) is 4. The number of rotatable bonds is 8. The minimum absolute atomic E-state index is 0.211. The number of anilines is 1. The third-order valence-corrected chi connectivity index (χ3v) is 3.35. The van der Waals surface area contributed by atoms with Gasteiger partial charge in [0.2, 0.25) is 5.91 Å². The fourth-order valence-electron chi connectivity index (χ4n) is 2.22. The van der Waals surface area contributed by atoms with E-state index in [9.17, 15) is 4.79 Å². The largest absolute Gasteiger partial charge is 0.494 e. The van der Waals surface area contributed by atoms with Crippen LogP contribution in [0.3, 0.4) is 0 Å². The zero-order valence-electron chi connectivity index (χ0n) is 14.7. The predicted molar refractivity (Wildman–Crippen MR) is 99.4 cm³/mol. The van der Waals surface area contributed by atoms with E-state index < -0.39 is 0 Å². The van der Waals surface area contributed by atoms with Crippen LogP contribution in [0.2, 0.25) is 0 Å². The van der Waals surface area contributed by atoms with Gasteiger partial charge in [0.25, 0.3) is 0 Å². The van der Waals surface area contributed by atoms with E-state index in [0.717, 1.165) is 11.3 Å². The Morgan fingerprint density at radius 3 is 2.36 bits per heavy atom. The van der Waals surface area contributed by atoms with Gasteiger partial charge in [0.05, 0.1) is 20.3 Å². The van der Waals surface area contributed by atoms with Crippen molar-refractivity contribution in [3.05, 3.63) is 54.1 Å². The van der Waals surface area contributed by atoms with Crippen molar-refractivity contribution in [2.45, 2.75) is 13.8 Å². The van der Waals surface area contributed by atoms with Crippen LogP contribution >= 0.6 is 0 Å². The summed E-state index contributed by atoms with van der Waals surface area (Å²) in [6.45, 7) is 5.02. The smallest absolute Gasteiger partial charge is 0.248 e. The van der Waals surface area contributed by atoms with E-state index in [0.29, 0.717) is 30.4 Å². The molecule has 0 bridgehead atoms. The van der Waals surface area contributed by atoms with E-state index in [1.165, 1.54) is 6.08 Å². The van der Waals surface area contributed by atoms with Gasteiger partial charge in [0, 0.05) is 11.8 Å². The minimum Gasteiger partial charge on any atom is -0.494 e. The Hall–Kier alpha value is -2.95. The van der Waals surface area contributed by atoms with Crippen LogP contribution in [0.25, 0.3) is 6.08 Å². The van der Waals surface area contributed by atoms with Crippen LogP contribution in [0.4, 0.5) is 5.69 Å². The van der Waals surface area contributed by atoms with Crippen molar-refractivity contribution in [2.75, 3.05) is 25.6 Å². The lowest BCUT2D eigenvalue weighted by atomic mass is 10.2. The zero-order chi connectivity index (χ0) is 18.1. The Balaban J connectivity index is 1.99. The number of hydrogen-bond donors (Lipinski definition) is 1. The highest BCUT2D eigenvalue weighted by atomic mass is 16.5. The number of methoxy groups -OCH3 is 1. The molecular weight excluding hydrogens is 318 g/mol. The molecule has 1 amide bonds. The Bertz CT molecular complexity index is 723. The molecule has 0 aliphatic carbocycles. The zero-order valence-corrected chi connectivity index (χ0v) is 14.7. The Labute approximate surface area is 148 Å². The van der Waals surface area contributed by atoms with E-state index in [1.54, 1.807) is 25.3 Å². The van der Waals surface area contributed by atoms with E-state index in [2.05, 4.69) is 5.32 Å². The van der Waals surface area contributed by atoms with Crippen molar-refractivity contribution >= 4 is 17.7 Å². The highest BCUT2D eigenvalue weighted by molar-refractivity contribution is 6.01. The quantitative estimate of drug-likeness (QED) is 0.733. The van der Waals surface area contributed by atoms with Crippen molar-refractivity contribution in [3.63, 3.8) is 0 Å². The average Bonchev–Trinajstić information content (AvgIpc) is 2.63. The molecule has 0 heterocycles. The van der Waals surface area contributed by atoms with Gasteiger partial charge in [-0.15, -0.1) is 0 Å². The van der Waals surface area contributed by atoms with Gasteiger partial charge in [0.1, 0.15) is 5.75 Å². The molecule has 0 unspecified atom stereocenters. The molecular formula is C20H23NO4. The van der Waals surface area contributed by atoms with E-state index in [1.807, 2.05) is 44.2 Å². The van der Waals surface area contributed by atoms with Gasteiger partial charge in [0.15, 0.2) is 11.5 Å². The number of carbonyl (C=O) groups excluding carboxylic acids is 1. The van der Waals surface area contributed by atoms with Gasteiger partial charge >= 0.3 is 0 Å². The van der Waals surface area contributed by atoms with Crippen molar-refractivity contribution in [1.82, 2.24) is 0 Å². The fourth-order valence-corrected chi connectivity index (χ4v) is 2.22. The van der Waals surface area contributed by atoms with Crippen molar-refractivity contribution < 1.29 is 19.0 Å². The number of benzene rings is 2. The molecule has 0 fully saturated rings. The molecule has 5 nitrogen and oxygen atoms in total. The monoisotopic (exact) mass is 341 g/mol. The van der Waals surface area contributed by atoms with Crippen LogP contribution in [0.5, 0.6) is 17.2 Å². The predicted octanol–water partition coefficient (Wildman–Crippen LogP) is 4.14. The van der Waals surface area contributed by atoms with E-state index in [-0.39, 0.29) is 5.91 Å². The Morgan fingerprint density at radius 1 is 1.00 bits per heavy atom. The van der Waals surface area contributed by atoms with Crippen molar-refractivity contribution in [1.29, 1.82) is 0 Å². The first-order valence-corrected chi connectivity index (χ1v) is 8.19. The maximum atomic E-state index is 12.0. The summed E-state index contributed by atoms with van der Waals surface area (Å²) in [7, 11) is 1.59. The number of amides is 1. The molecule has 0 aliphatic rings. The number of nitrogens with one attached hydrogen (secondary N) is 1. The van der Waals surface area contributed by atoms with Gasteiger partial charge in [-0.1, -0.05) is 6.07 Å². The maximum Gasteiger partial charge on any atom is 0.248 e. The van der Waals surface area contributed by atoms with Gasteiger partial charge in [-0.25, -0.2) is 0 Å². The van der Waals surface area contributed by atoms with Crippen LogP contribution in [-0.2, 0) is 4.79 Å². The molecule has 0 saturated heterocycles. The molecule has 0 saturated carbocycles. The molecule has 0 aliphatic heterocycles. The second kappa shape index (κ2) is 9.37. The molecule has 25 heavy (non-hydrogen) atoms. The van der Waals surface area contributed by atoms with E-state index >= 15 is 0 Å². The third-order valence-electron chi connectivity index (χ3n) is 3.35. The maximum absolute atomic E-state index is 12.0. The summed E-state index contributed by atoms with van der Waals surface area (Å²) < 4.78 is 16.1. The van der Waals surface area contributed by atoms with Crippen LogP contribution in [0, 0.1) is 0 Å².